The van der Waals surface area contributed by atoms with Crippen molar-refractivity contribution >= 4 is 24.2 Å². The van der Waals surface area contributed by atoms with Gasteiger partial charge >= 0.3 is 0 Å². The van der Waals surface area contributed by atoms with Gasteiger partial charge in [0.2, 0.25) is 11.8 Å². The summed E-state index contributed by atoms with van der Waals surface area (Å²) in [6, 6.07) is 0. The molecule has 0 saturated heterocycles. The van der Waals surface area contributed by atoms with E-state index in [0.717, 1.165) is 32.1 Å². The predicted molar refractivity (Wildman–Crippen MR) is 76.9 cm³/mol. The van der Waals surface area contributed by atoms with Crippen LogP contribution in [0, 0.1) is 0 Å². The maximum absolute atomic E-state index is 11.2. The molecular formula is C13H24N4O2. The van der Waals surface area contributed by atoms with Crippen LogP contribution in [-0.2, 0) is 9.59 Å². The number of nitrogens with one attached hydrogen (secondary N) is 2. The molecule has 0 aromatic rings. The van der Waals surface area contributed by atoms with Crippen LogP contribution in [0.15, 0.2) is 10.2 Å². The first-order valence-electron chi connectivity index (χ1n) is 6.73. The second kappa shape index (κ2) is 12.7. The van der Waals surface area contributed by atoms with E-state index in [1.165, 1.54) is 0 Å². The second-order valence-electron chi connectivity index (χ2n) is 4.11. The van der Waals surface area contributed by atoms with Crippen LogP contribution in [0.4, 0.5) is 0 Å². The van der Waals surface area contributed by atoms with Crippen LogP contribution in [0.2, 0.25) is 0 Å². The Balaban J connectivity index is 3.31. The molecule has 0 aromatic heterocycles. The number of hydrazone groups is 2. The highest BCUT2D eigenvalue weighted by molar-refractivity contribution is 5.76. The number of carbonyl (C=O) groups is 2. The van der Waals surface area contributed by atoms with Crippen molar-refractivity contribution in [2.45, 2.75) is 58.8 Å². The summed E-state index contributed by atoms with van der Waals surface area (Å²) in [7, 11) is 0. The van der Waals surface area contributed by atoms with E-state index in [9.17, 15) is 9.59 Å². The van der Waals surface area contributed by atoms with Crippen LogP contribution in [0.25, 0.3) is 0 Å². The van der Waals surface area contributed by atoms with Crippen LogP contribution in [0.5, 0.6) is 0 Å². The predicted octanol–water partition coefficient (Wildman–Crippen LogP) is 1.96. The van der Waals surface area contributed by atoms with E-state index < -0.39 is 0 Å². The van der Waals surface area contributed by atoms with Crippen LogP contribution < -0.4 is 10.9 Å². The Morgan fingerprint density at radius 2 is 1.16 bits per heavy atom. The van der Waals surface area contributed by atoms with Gasteiger partial charge in [-0.3, -0.25) is 9.59 Å². The lowest BCUT2D eigenvalue weighted by molar-refractivity contribution is -0.121. The number of nitrogens with zero attached hydrogens (tertiary/aromatic N) is 2. The highest BCUT2D eigenvalue weighted by Crippen LogP contribution is 2.07. The average Bonchev–Trinajstić information content (AvgIpc) is 2.41. The SMILES string of the molecule is C/C=N\NC(=O)CCCCCCCC(=O)N/N=C\C. The van der Waals surface area contributed by atoms with Crippen molar-refractivity contribution < 1.29 is 9.59 Å². The van der Waals surface area contributed by atoms with Gasteiger partial charge < -0.3 is 0 Å². The molecule has 0 bridgehead atoms. The minimum absolute atomic E-state index is 0.0464. The van der Waals surface area contributed by atoms with Crippen molar-refractivity contribution in [1.29, 1.82) is 0 Å². The maximum Gasteiger partial charge on any atom is 0.240 e. The molecule has 0 aliphatic heterocycles. The topological polar surface area (TPSA) is 82.9 Å². The molecule has 0 fully saturated rings. The summed E-state index contributed by atoms with van der Waals surface area (Å²) in [6.45, 7) is 3.50. The number of amides is 2. The molecule has 19 heavy (non-hydrogen) atoms. The Kier molecular flexibility index (Phi) is 11.6. The lowest BCUT2D eigenvalue weighted by atomic mass is 10.1. The highest BCUT2D eigenvalue weighted by Gasteiger charge is 2.00. The van der Waals surface area contributed by atoms with Crippen molar-refractivity contribution in [1.82, 2.24) is 10.9 Å². The monoisotopic (exact) mass is 268 g/mol. The Bertz CT molecular complexity index is 284. The van der Waals surface area contributed by atoms with Crippen molar-refractivity contribution in [2.75, 3.05) is 0 Å². The molecular weight excluding hydrogens is 244 g/mol. The Labute approximate surface area is 114 Å². The summed E-state index contributed by atoms with van der Waals surface area (Å²) in [6.07, 6.45) is 8.85. The van der Waals surface area contributed by atoms with Crippen LogP contribution >= 0.6 is 0 Å². The first kappa shape index (κ1) is 17.3. The molecule has 0 rings (SSSR count). The third-order valence-corrected chi connectivity index (χ3v) is 2.44. The zero-order valence-electron chi connectivity index (χ0n) is 11.8. The number of hydrogen-bond donors (Lipinski definition) is 2. The van der Waals surface area contributed by atoms with E-state index in [1.807, 2.05) is 0 Å². The maximum atomic E-state index is 11.2. The molecule has 2 N–H and O–H groups in total. The van der Waals surface area contributed by atoms with Gasteiger partial charge in [-0.1, -0.05) is 19.3 Å². The van der Waals surface area contributed by atoms with Gasteiger partial charge in [0.1, 0.15) is 0 Å². The third-order valence-electron chi connectivity index (χ3n) is 2.44. The summed E-state index contributed by atoms with van der Waals surface area (Å²) < 4.78 is 0. The highest BCUT2D eigenvalue weighted by atomic mass is 16.2. The molecule has 0 spiro atoms. The van der Waals surface area contributed by atoms with E-state index in [-0.39, 0.29) is 11.8 Å². The van der Waals surface area contributed by atoms with Crippen molar-refractivity contribution in [2.24, 2.45) is 10.2 Å². The number of carbonyl (C=O) groups excluding carboxylic acids is 2. The molecule has 108 valence electrons. The standard InChI is InChI=1S/C13H24N4O2/c1-3-14-16-12(18)10-8-6-5-7-9-11-13(19)17-15-4-2/h3-4H,5-11H2,1-2H3,(H,16,18)(H,17,19)/b14-3-,15-4-. The van der Waals surface area contributed by atoms with Crippen molar-refractivity contribution in [3.63, 3.8) is 0 Å². The Morgan fingerprint density at radius 1 is 0.789 bits per heavy atom. The van der Waals surface area contributed by atoms with E-state index in [2.05, 4.69) is 21.1 Å². The lowest BCUT2D eigenvalue weighted by Gasteiger charge is -2.01. The summed E-state index contributed by atoms with van der Waals surface area (Å²) in [5.41, 5.74) is 4.87. The lowest BCUT2D eigenvalue weighted by Crippen LogP contribution is -2.16. The largest absolute Gasteiger partial charge is 0.273 e. The summed E-state index contributed by atoms with van der Waals surface area (Å²) in [4.78, 5) is 22.4. The first-order valence-corrected chi connectivity index (χ1v) is 6.73. The second-order valence-corrected chi connectivity index (χ2v) is 4.11. The van der Waals surface area contributed by atoms with Gasteiger partial charge in [0.25, 0.3) is 0 Å². The quantitative estimate of drug-likeness (QED) is 0.360. The third kappa shape index (κ3) is 12.5. The van der Waals surface area contributed by atoms with Gasteiger partial charge in [-0.15, -0.1) is 0 Å². The molecule has 0 aliphatic rings. The molecule has 2 amide bonds. The van der Waals surface area contributed by atoms with Gasteiger partial charge in [-0.05, 0) is 26.7 Å². The first-order chi connectivity index (χ1) is 9.20. The van der Waals surface area contributed by atoms with Gasteiger partial charge in [0.05, 0.1) is 0 Å². The van der Waals surface area contributed by atoms with Crippen LogP contribution in [-0.4, -0.2) is 24.2 Å². The smallest absolute Gasteiger partial charge is 0.240 e. The van der Waals surface area contributed by atoms with Gasteiger partial charge in [-0.2, -0.15) is 10.2 Å². The summed E-state index contributed by atoms with van der Waals surface area (Å²) in [5.74, 6) is -0.0928. The Hall–Kier alpha value is -1.72. The van der Waals surface area contributed by atoms with E-state index >= 15 is 0 Å². The zero-order valence-corrected chi connectivity index (χ0v) is 11.8. The fraction of sp³-hybridized carbons (Fsp3) is 0.692. The van der Waals surface area contributed by atoms with Crippen LogP contribution in [0.1, 0.15) is 58.8 Å². The minimum Gasteiger partial charge on any atom is -0.273 e. The van der Waals surface area contributed by atoms with Gasteiger partial charge in [-0.25, -0.2) is 10.9 Å². The number of unbranched alkanes of at least 4 members (excludes halogenated alkanes) is 4. The Morgan fingerprint density at radius 3 is 1.53 bits per heavy atom. The summed E-state index contributed by atoms with van der Waals surface area (Å²) in [5, 5.41) is 7.33. The number of hydrogen-bond acceptors (Lipinski definition) is 4. The molecule has 0 saturated carbocycles. The molecule has 0 atom stereocenters. The van der Waals surface area contributed by atoms with E-state index in [4.69, 9.17) is 0 Å². The van der Waals surface area contributed by atoms with Crippen LogP contribution in [0.3, 0.4) is 0 Å². The fourth-order valence-electron chi connectivity index (χ4n) is 1.49. The minimum atomic E-state index is -0.0464. The fourth-order valence-corrected chi connectivity index (χ4v) is 1.49. The molecule has 6 nitrogen and oxygen atoms in total. The summed E-state index contributed by atoms with van der Waals surface area (Å²) >= 11 is 0. The van der Waals surface area contributed by atoms with E-state index in [1.54, 1.807) is 26.3 Å². The molecule has 0 unspecified atom stereocenters. The molecule has 0 aromatic carbocycles. The van der Waals surface area contributed by atoms with E-state index in [0.29, 0.717) is 12.8 Å². The molecule has 0 heterocycles. The molecule has 6 heteroatoms. The van der Waals surface area contributed by atoms with Gasteiger partial charge in [0.15, 0.2) is 0 Å². The zero-order chi connectivity index (χ0) is 14.3. The van der Waals surface area contributed by atoms with Crippen molar-refractivity contribution in [3.8, 4) is 0 Å². The van der Waals surface area contributed by atoms with Crippen molar-refractivity contribution in [3.05, 3.63) is 0 Å². The number of rotatable bonds is 10. The molecule has 0 aliphatic carbocycles. The average molecular weight is 268 g/mol. The normalized spacial score (nSPS) is 11.1. The molecule has 0 radical (unpaired) electrons. The van der Waals surface area contributed by atoms with Gasteiger partial charge in [0, 0.05) is 25.3 Å².